The summed E-state index contributed by atoms with van der Waals surface area (Å²) in [6.45, 7) is 10.1. The van der Waals surface area contributed by atoms with Crippen molar-refractivity contribution in [3.05, 3.63) is 35.9 Å². The molecule has 0 spiro atoms. The molecule has 0 heterocycles. The quantitative estimate of drug-likeness (QED) is 0.593. The van der Waals surface area contributed by atoms with E-state index in [1.807, 2.05) is 6.07 Å². The van der Waals surface area contributed by atoms with Crippen molar-refractivity contribution < 1.29 is 0 Å². The molecule has 2 N–H and O–H groups in total. The molecular formula is C16H28N4. The maximum atomic E-state index is 4.62. The first kappa shape index (κ1) is 16.5. The Morgan fingerprint density at radius 1 is 1.25 bits per heavy atom. The van der Waals surface area contributed by atoms with Crippen LogP contribution in [0.2, 0.25) is 0 Å². The summed E-state index contributed by atoms with van der Waals surface area (Å²) in [5.41, 5.74) is 1.27. The van der Waals surface area contributed by atoms with Crippen molar-refractivity contribution in [2.24, 2.45) is 4.99 Å². The van der Waals surface area contributed by atoms with Crippen LogP contribution in [-0.4, -0.2) is 44.1 Å². The molecule has 0 radical (unpaired) electrons. The number of nitrogens with one attached hydrogen (secondary N) is 2. The van der Waals surface area contributed by atoms with Gasteiger partial charge < -0.3 is 15.5 Å². The summed E-state index contributed by atoms with van der Waals surface area (Å²) in [6, 6.07) is 10.7. The predicted molar refractivity (Wildman–Crippen MR) is 87.1 cm³/mol. The summed E-state index contributed by atoms with van der Waals surface area (Å²) in [5.74, 6) is 0.883. The SMILES string of the molecule is CCNC(=NCCN(C)CC)NC(C)c1ccccc1. The molecule has 20 heavy (non-hydrogen) atoms. The minimum absolute atomic E-state index is 0.248. The molecule has 1 unspecified atom stereocenters. The van der Waals surface area contributed by atoms with Crippen LogP contribution >= 0.6 is 0 Å². The normalized spacial score (nSPS) is 13.3. The van der Waals surface area contributed by atoms with Gasteiger partial charge in [-0.15, -0.1) is 0 Å². The van der Waals surface area contributed by atoms with Gasteiger partial charge in [-0.05, 0) is 33.0 Å². The zero-order valence-electron chi connectivity index (χ0n) is 13.2. The van der Waals surface area contributed by atoms with Gasteiger partial charge in [0.05, 0.1) is 12.6 Å². The molecular weight excluding hydrogens is 248 g/mol. The van der Waals surface area contributed by atoms with Crippen molar-refractivity contribution in [1.82, 2.24) is 15.5 Å². The summed E-state index contributed by atoms with van der Waals surface area (Å²) >= 11 is 0. The second-order valence-electron chi connectivity index (χ2n) is 4.93. The molecule has 0 aliphatic carbocycles. The molecule has 1 rings (SSSR count). The van der Waals surface area contributed by atoms with Crippen molar-refractivity contribution in [2.45, 2.75) is 26.8 Å². The van der Waals surface area contributed by atoms with Gasteiger partial charge in [-0.1, -0.05) is 37.3 Å². The van der Waals surface area contributed by atoms with E-state index in [4.69, 9.17) is 0 Å². The molecule has 1 atom stereocenters. The van der Waals surface area contributed by atoms with Crippen LogP contribution in [0.15, 0.2) is 35.3 Å². The standard InChI is InChI=1S/C16H28N4/c1-5-17-16(18-12-13-20(4)6-2)19-14(3)15-10-8-7-9-11-15/h7-11,14H,5-6,12-13H2,1-4H3,(H2,17,18,19). The highest BCUT2D eigenvalue weighted by Gasteiger charge is 2.06. The molecule has 0 saturated carbocycles. The molecule has 0 saturated heterocycles. The first-order valence-electron chi connectivity index (χ1n) is 7.45. The number of benzene rings is 1. The largest absolute Gasteiger partial charge is 0.357 e. The summed E-state index contributed by atoms with van der Waals surface area (Å²) < 4.78 is 0. The van der Waals surface area contributed by atoms with Crippen LogP contribution in [0.3, 0.4) is 0 Å². The van der Waals surface area contributed by atoms with Crippen LogP contribution in [0.5, 0.6) is 0 Å². The van der Waals surface area contributed by atoms with E-state index in [-0.39, 0.29) is 6.04 Å². The van der Waals surface area contributed by atoms with Crippen molar-refractivity contribution in [3.8, 4) is 0 Å². The van der Waals surface area contributed by atoms with E-state index in [1.54, 1.807) is 0 Å². The fraction of sp³-hybridized carbons (Fsp3) is 0.562. The lowest BCUT2D eigenvalue weighted by molar-refractivity contribution is 0.363. The smallest absolute Gasteiger partial charge is 0.191 e. The number of likely N-dealkylation sites (N-methyl/N-ethyl adjacent to an activating group) is 1. The molecule has 0 aliphatic rings. The fourth-order valence-corrected chi connectivity index (χ4v) is 1.84. The number of hydrogen-bond donors (Lipinski definition) is 2. The van der Waals surface area contributed by atoms with Crippen LogP contribution in [-0.2, 0) is 0 Å². The Kier molecular flexibility index (Phi) is 7.73. The van der Waals surface area contributed by atoms with Crippen LogP contribution < -0.4 is 10.6 Å². The minimum Gasteiger partial charge on any atom is -0.357 e. The molecule has 4 heteroatoms. The Hall–Kier alpha value is -1.55. The van der Waals surface area contributed by atoms with E-state index in [0.717, 1.165) is 32.1 Å². The third-order valence-corrected chi connectivity index (χ3v) is 3.29. The highest BCUT2D eigenvalue weighted by Crippen LogP contribution is 2.10. The highest BCUT2D eigenvalue weighted by molar-refractivity contribution is 5.80. The van der Waals surface area contributed by atoms with Crippen molar-refractivity contribution >= 4 is 5.96 Å². The zero-order chi connectivity index (χ0) is 14.8. The van der Waals surface area contributed by atoms with E-state index >= 15 is 0 Å². The lowest BCUT2D eigenvalue weighted by Crippen LogP contribution is -2.39. The van der Waals surface area contributed by atoms with Crippen molar-refractivity contribution in [3.63, 3.8) is 0 Å². The van der Waals surface area contributed by atoms with Gasteiger partial charge in [0.2, 0.25) is 0 Å². The average molecular weight is 276 g/mol. The summed E-state index contributed by atoms with van der Waals surface area (Å²) in [4.78, 5) is 6.88. The van der Waals surface area contributed by atoms with Crippen molar-refractivity contribution in [2.75, 3.05) is 33.2 Å². The number of hydrogen-bond acceptors (Lipinski definition) is 2. The fourth-order valence-electron chi connectivity index (χ4n) is 1.84. The number of nitrogens with zero attached hydrogens (tertiary/aromatic N) is 2. The van der Waals surface area contributed by atoms with Gasteiger partial charge in [-0.2, -0.15) is 0 Å². The van der Waals surface area contributed by atoms with E-state index in [9.17, 15) is 0 Å². The van der Waals surface area contributed by atoms with E-state index in [1.165, 1.54) is 5.56 Å². The molecule has 112 valence electrons. The van der Waals surface area contributed by atoms with Crippen LogP contribution in [0, 0.1) is 0 Å². The Bertz CT molecular complexity index is 389. The Morgan fingerprint density at radius 2 is 1.95 bits per heavy atom. The lowest BCUT2D eigenvalue weighted by atomic mass is 10.1. The molecule has 0 aliphatic heterocycles. The molecule has 0 bridgehead atoms. The van der Waals surface area contributed by atoms with Crippen LogP contribution in [0.4, 0.5) is 0 Å². The van der Waals surface area contributed by atoms with Gasteiger partial charge in [-0.3, -0.25) is 4.99 Å². The maximum absolute atomic E-state index is 4.62. The third-order valence-electron chi connectivity index (χ3n) is 3.29. The minimum atomic E-state index is 0.248. The van der Waals surface area contributed by atoms with Gasteiger partial charge in [0.1, 0.15) is 0 Å². The summed E-state index contributed by atoms with van der Waals surface area (Å²) in [5, 5.41) is 6.74. The van der Waals surface area contributed by atoms with Gasteiger partial charge in [0, 0.05) is 13.1 Å². The second kappa shape index (κ2) is 9.37. The first-order chi connectivity index (χ1) is 9.67. The second-order valence-corrected chi connectivity index (χ2v) is 4.93. The van der Waals surface area contributed by atoms with E-state index in [2.05, 4.69) is 72.6 Å². The first-order valence-corrected chi connectivity index (χ1v) is 7.45. The Labute approximate surface area is 123 Å². The molecule has 4 nitrogen and oxygen atoms in total. The average Bonchev–Trinajstić information content (AvgIpc) is 2.48. The Balaban J connectivity index is 2.55. The molecule has 0 fully saturated rings. The lowest BCUT2D eigenvalue weighted by Gasteiger charge is -2.19. The Morgan fingerprint density at radius 3 is 2.55 bits per heavy atom. The van der Waals surface area contributed by atoms with Gasteiger partial charge >= 0.3 is 0 Å². The predicted octanol–water partition coefficient (Wildman–Crippen LogP) is 2.25. The third kappa shape index (κ3) is 6.06. The summed E-state index contributed by atoms with van der Waals surface area (Å²) in [7, 11) is 2.11. The number of guanidine groups is 1. The van der Waals surface area contributed by atoms with E-state index < -0.39 is 0 Å². The molecule has 1 aromatic carbocycles. The number of aliphatic imine (C=N–C) groups is 1. The highest BCUT2D eigenvalue weighted by atomic mass is 15.2. The van der Waals surface area contributed by atoms with Crippen LogP contribution in [0.1, 0.15) is 32.4 Å². The van der Waals surface area contributed by atoms with Crippen molar-refractivity contribution in [1.29, 1.82) is 0 Å². The van der Waals surface area contributed by atoms with E-state index in [0.29, 0.717) is 0 Å². The molecule has 0 amide bonds. The van der Waals surface area contributed by atoms with Gasteiger partial charge in [-0.25, -0.2) is 0 Å². The molecule has 0 aromatic heterocycles. The maximum Gasteiger partial charge on any atom is 0.191 e. The van der Waals surface area contributed by atoms with Gasteiger partial charge in [0.25, 0.3) is 0 Å². The number of rotatable bonds is 7. The van der Waals surface area contributed by atoms with Gasteiger partial charge in [0.15, 0.2) is 5.96 Å². The summed E-state index contributed by atoms with van der Waals surface area (Å²) in [6.07, 6.45) is 0. The topological polar surface area (TPSA) is 39.7 Å². The monoisotopic (exact) mass is 276 g/mol. The zero-order valence-corrected chi connectivity index (χ0v) is 13.2. The molecule has 1 aromatic rings. The van der Waals surface area contributed by atoms with Crippen LogP contribution in [0.25, 0.3) is 0 Å².